The summed E-state index contributed by atoms with van der Waals surface area (Å²) in [6.07, 6.45) is 1.28. The Kier molecular flexibility index (Phi) is 3.76. The van der Waals surface area contributed by atoms with Gasteiger partial charge in [0.2, 0.25) is 0 Å². The SMILES string of the molecule is CC(c1ccc(F)cc1)c1ncc(C(N)=O)nc1Cl. The molecule has 0 aliphatic rings. The first-order valence-electron chi connectivity index (χ1n) is 5.56. The van der Waals surface area contributed by atoms with Crippen LogP contribution in [0.5, 0.6) is 0 Å². The van der Waals surface area contributed by atoms with Crippen molar-refractivity contribution in [3.05, 3.63) is 58.4 Å². The summed E-state index contributed by atoms with van der Waals surface area (Å²) in [5, 5.41) is 0.119. The lowest BCUT2D eigenvalue weighted by atomic mass is 9.98. The number of nitrogens with zero attached hydrogens (tertiary/aromatic N) is 2. The van der Waals surface area contributed by atoms with Crippen molar-refractivity contribution in [2.45, 2.75) is 12.8 Å². The van der Waals surface area contributed by atoms with Gasteiger partial charge in [-0.25, -0.2) is 9.37 Å². The van der Waals surface area contributed by atoms with E-state index >= 15 is 0 Å². The minimum atomic E-state index is -0.685. The molecule has 1 amide bonds. The van der Waals surface area contributed by atoms with Crippen LogP contribution in [0.15, 0.2) is 30.5 Å². The number of rotatable bonds is 3. The molecule has 19 heavy (non-hydrogen) atoms. The van der Waals surface area contributed by atoms with Gasteiger partial charge in [-0.2, -0.15) is 0 Å². The van der Waals surface area contributed by atoms with Gasteiger partial charge in [-0.05, 0) is 17.7 Å². The van der Waals surface area contributed by atoms with Crippen molar-refractivity contribution in [3.8, 4) is 0 Å². The lowest BCUT2D eigenvalue weighted by molar-refractivity contribution is 0.0995. The highest BCUT2D eigenvalue weighted by Crippen LogP contribution is 2.27. The number of halogens is 2. The van der Waals surface area contributed by atoms with Gasteiger partial charge in [0.1, 0.15) is 11.5 Å². The number of amides is 1. The third-order valence-electron chi connectivity index (χ3n) is 2.79. The molecule has 0 bridgehead atoms. The molecule has 6 heteroatoms. The van der Waals surface area contributed by atoms with Gasteiger partial charge in [0.05, 0.1) is 11.9 Å². The molecule has 1 atom stereocenters. The fourth-order valence-electron chi connectivity index (χ4n) is 1.69. The van der Waals surface area contributed by atoms with E-state index in [1.807, 2.05) is 6.92 Å². The Balaban J connectivity index is 2.36. The van der Waals surface area contributed by atoms with Gasteiger partial charge in [-0.3, -0.25) is 9.78 Å². The Morgan fingerprint density at radius 2 is 2.00 bits per heavy atom. The lowest BCUT2D eigenvalue weighted by Crippen LogP contribution is -2.15. The monoisotopic (exact) mass is 279 g/mol. The molecule has 0 fully saturated rings. The average molecular weight is 280 g/mol. The standard InChI is InChI=1S/C13H11ClFN3O/c1-7(8-2-4-9(15)5-3-8)11-12(14)18-10(6-17-11)13(16)19/h2-7H,1H3,(H2,16,19). The minimum absolute atomic E-state index is 0.0139. The minimum Gasteiger partial charge on any atom is -0.364 e. The number of primary amides is 1. The van der Waals surface area contributed by atoms with Crippen LogP contribution >= 0.6 is 11.6 Å². The average Bonchev–Trinajstić information content (AvgIpc) is 2.38. The maximum Gasteiger partial charge on any atom is 0.268 e. The van der Waals surface area contributed by atoms with E-state index in [0.717, 1.165) is 5.56 Å². The summed E-state index contributed by atoms with van der Waals surface area (Å²) in [6.45, 7) is 1.87. The van der Waals surface area contributed by atoms with Crippen molar-refractivity contribution in [1.82, 2.24) is 9.97 Å². The van der Waals surface area contributed by atoms with Crippen molar-refractivity contribution in [3.63, 3.8) is 0 Å². The second kappa shape index (κ2) is 5.32. The molecule has 1 aromatic carbocycles. The summed E-state index contributed by atoms with van der Waals surface area (Å²) in [6, 6.07) is 6.04. The first-order valence-corrected chi connectivity index (χ1v) is 5.94. The highest BCUT2D eigenvalue weighted by atomic mass is 35.5. The van der Waals surface area contributed by atoms with Crippen molar-refractivity contribution < 1.29 is 9.18 Å². The number of benzene rings is 1. The molecule has 1 unspecified atom stereocenters. The van der Waals surface area contributed by atoms with Crippen LogP contribution < -0.4 is 5.73 Å². The highest BCUT2D eigenvalue weighted by molar-refractivity contribution is 6.30. The molecule has 0 aliphatic heterocycles. The van der Waals surface area contributed by atoms with Crippen LogP contribution in [0.3, 0.4) is 0 Å². The lowest BCUT2D eigenvalue weighted by Gasteiger charge is -2.12. The molecule has 0 aliphatic carbocycles. The second-order valence-corrected chi connectivity index (χ2v) is 4.43. The van der Waals surface area contributed by atoms with E-state index in [1.54, 1.807) is 12.1 Å². The van der Waals surface area contributed by atoms with E-state index in [-0.39, 0.29) is 22.6 Å². The van der Waals surface area contributed by atoms with Gasteiger partial charge in [0.25, 0.3) is 5.91 Å². The Bertz CT molecular complexity index is 616. The van der Waals surface area contributed by atoms with Crippen molar-refractivity contribution in [1.29, 1.82) is 0 Å². The molecule has 2 aromatic rings. The smallest absolute Gasteiger partial charge is 0.268 e. The van der Waals surface area contributed by atoms with Crippen LogP contribution in [0.4, 0.5) is 4.39 Å². The Hall–Kier alpha value is -2.01. The summed E-state index contributed by atoms with van der Waals surface area (Å²) in [7, 11) is 0. The van der Waals surface area contributed by atoms with Crippen LogP contribution in [-0.4, -0.2) is 15.9 Å². The normalized spacial score (nSPS) is 12.2. The molecule has 0 saturated heterocycles. The maximum absolute atomic E-state index is 12.9. The van der Waals surface area contributed by atoms with Crippen LogP contribution in [0.1, 0.15) is 34.6 Å². The zero-order chi connectivity index (χ0) is 14.0. The molecular weight excluding hydrogens is 269 g/mol. The van der Waals surface area contributed by atoms with Gasteiger partial charge in [-0.1, -0.05) is 30.7 Å². The van der Waals surface area contributed by atoms with Gasteiger partial charge >= 0.3 is 0 Å². The molecule has 2 rings (SSSR count). The van der Waals surface area contributed by atoms with Crippen LogP contribution in [0, 0.1) is 5.82 Å². The number of hydrogen-bond donors (Lipinski definition) is 1. The van der Waals surface area contributed by atoms with E-state index in [4.69, 9.17) is 17.3 Å². The Labute approximate surface area is 114 Å². The van der Waals surface area contributed by atoms with E-state index < -0.39 is 5.91 Å². The topological polar surface area (TPSA) is 68.9 Å². The first-order chi connectivity index (χ1) is 8.99. The molecule has 2 N–H and O–H groups in total. The fraction of sp³-hybridized carbons (Fsp3) is 0.154. The maximum atomic E-state index is 12.9. The van der Waals surface area contributed by atoms with E-state index in [0.29, 0.717) is 5.69 Å². The predicted octanol–water partition coefficient (Wildman–Crippen LogP) is 2.52. The molecule has 4 nitrogen and oxygen atoms in total. The number of carbonyl (C=O) groups excluding carboxylic acids is 1. The summed E-state index contributed by atoms with van der Waals surface area (Å²) >= 11 is 5.99. The second-order valence-electron chi connectivity index (χ2n) is 4.07. The van der Waals surface area contributed by atoms with Gasteiger partial charge in [0, 0.05) is 5.92 Å². The van der Waals surface area contributed by atoms with Gasteiger partial charge in [-0.15, -0.1) is 0 Å². The Morgan fingerprint density at radius 1 is 1.37 bits per heavy atom. The molecule has 0 radical (unpaired) electrons. The van der Waals surface area contributed by atoms with Crippen LogP contribution in [-0.2, 0) is 0 Å². The molecule has 98 valence electrons. The zero-order valence-electron chi connectivity index (χ0n) is 10.1. The summed E-state index contributed by atoms with van der Waals surface area (Å²) in [5.74, 6) is -1.16. The fourth-order valence-corrected chi connectivity index (χ4v) is 2.00. The van der Waals surface area contributed by atoms with Crippen molar-refractivity contribution in [2.24, 2.45) is 5.73 Å². The van der Waals surface area contributed by atoms with E-state index in [1.165, 1.54) is 18.3 Å². The first kappa shape index (κ1) is 13.4. The van der Waals surface area contributed by atoms with Crippen LogP contribution in [0.25, 0.3) is 0 Å². The third-order valence-corrected chi connectivity index (χ3v) is 3.07. The molecule has 1 heterocycles. The number of carbonyl (C=O) groups is 1. The summed E-state index contributed by atoms with van der Waals surface area (Å²) in [5.41, 5.74) is 6.47. The molecular formula is C13H11ClFN3O. The van der Waals surface area contributed by atoms with E-state index in [2.05, 4.69) is 9.97 Å². The molecule has 0 spiro atoms. The molecule has 1 aromatic heterocycles. The zero-order valence-corrected chi connectivity index (χ0v) is 10.9. The molecule has 0 saturated carbocycles. The van der Waals surface area contributed by atoms with Gasteiger partial charge < -0.3 is 5.73 Å². The summed E-state index contributed by atoms with van der Waals surface area (Å²) < 4.78 is 12.9. The van der Waals surface area contributed by atoms with Crippen molar-refractivity contribution in [2.75, 3.05) is 0 Å². The number of hydrogen-bond acceptors (Lipinski definition) is 3. The third kappa shape index (κ3) is 2.88. The van der Waals surface area contributed by atoms with E-state index in [9.17, 15) is 9.18 Å². The summed E-state index contributed by atoms with van der Waals surface area (Å²) in [4.78, 5) is 19.0. The number of nitrogens with two attached hydrogens (primary N) is 1. The number of aromatic nitrogens is 2. The van der Waals surface area contributed by atoms with Crippen LogP contribution in [0.2, 0.25) is 5.15 Å². The predicted molar refractivity (Wildman–Crippen MR) is 69.5 cm³/mol. The largest absolute Gasteiger partial charge is 0.364 e. The quantitative estimate of drug-likeness (QED) is 0.938. The van der Waals surface area contributed by atoms with Gasteiger partial charge in [0.15, 0.2) is 5.15 Å². The Morgan fingerprint density at radius 3 is 2.53 bits per heavy atom. The van der Waals surface area contributed by atoms with Crippen molar-refractivity contribution >= 4 is 17.5 Å². The highest BCUT2D eigenvalue weighted by Gasteiger charge is 2.16.